The molecular formula is C6H4ClFIN. The van der Waals surface area contributed by atoms with Crippen molar-refractivity contribution in [3.8, 4) is 0 Å². The van der Waals surface area contributed by atoms with Gasteiger partial charge in [-0.05, 0) is 34.7 Å². The van der Waals surface area contributed by atoms with Gasteiger partial charge in [0.05, 0.1) is 10.7 Å². The summed E-state index contributed by atoms with van der Waals surface area (Å²) in [6.45, 7) is 0. The Kier molecular flexibility index (Phi) is 2.36. The number of halogens is 3. The molecule has 0 radical (unpaired) electrons. The van der Waals surface area contributed by atoms with Gasteiger partial charge in [0.25, 0.3) is 0 Å². The predicted octanol–water partition coefficient (Wildman–Crippen LogP) is 2.67. The monoisotopic (exact) mass is 271 g/mol. The SMILES string of the molecule is Nc1cc(I)c(Cl)cc1F. The molecule has 1 rings (SSSR count). The molecule has 0 aromatic heterocycles. The van der Waals surface area contributed by atoms with E-state index in [0.29, 0.717) is 5.02 Å². The zero-order chi connectivity index (χ0) is 7.72. The van der Waals surface area contributed by atoms with E-state index in [1.807, 2.05) is 22.6 Å². The summed E-state index contributed by atoms with van der Waals surface area (Å²) in [5.41, 5.74) is 5.38. The van der Waals surface area contributed by atoms with E-state index in [9.17, 15) is 4.39 Å². The highest BCUT2D eigenvalue weighted by molar-refractivity contribution is 14.1. The van der Waals surface area contributed by atoms with Gasteiger partial charge in [0.1, 0.15) is 5.82 Å². The summed E-state index contributed by atoms with van der Waals surface area (Å²) in [7, 11) is 0. The third-order valence-electron chi connectivity index (χ3n) is 1.04. The van der Waals surface area contributed by atoms with E-state index in [0.717, 1.165) is 3.57 Å². The number of rotatable bonds is 0. The largest absolute Gasteiger partial charge is 0.396 e. The van der Waals surface area contributed by atoms with Crippen molar-refractivity contribution in [2.75, 3.05) is 5.73 Å². The molecule has 0 bridgehead atoms. The molecule has 10 heavy (non-hydrogen) atoms. The molecule has 0 aliphatic heterocycles. The van der Waals surface area contributed by atoms with Crippen LogP contribution in [-0.4, -0.2) is 0 Å². The van der Waals surface area contributed by atoms with Gasteiger partial charge in [-0.3, -0.25) is 0 Å². The lowest BCUT2D eigenvalue weighted by atomic mass is 10.3. The first-order chi connectivity index (χ1) is 4.61. The smallest absolute Gasteiger partial charge is 0.147 e. The second kappa shape index (κ2) is 2.92. The summed E-state index contributed by atoms with van der Waals surface area (Å²) in [6.07, 6.45) is 0. The van der Waals surface area contributed by atoms with Crippen molar-refractivity contribution in [1.29, 1.82) is 0 Å². The number of nitrogen functional groups attached to an aromatic ring is 1. The van der Waals surface area contributed by atoms with Crippen LogP contribution < -0.4 is 5.73 Å². The van der Waals surface area contributed by atoms with Crippen molar-refractivity contribution < 1.29 is 4.39 Å². The van der Waals surface area contributed by atoms with Crippen LogP contribution in [0.3, 0.4) is 0 Å². The summed E-state index contributed by atoms with van der Waals surface area (Å²) < 4.78 is 13.3. The Balaban J connectivity index is 3.28. The molecule has 54 valence electrons. The average Bonchev–Trinajstić information content (AvgIpc) is 1.84. The number of hydrogen-bond donors (Lipinski definition) is 1. The van der Waals surface area contributed by atoms with Crippen LogP contribution >= 0.6 is 34.2 Å². The predicted molar refractivity (Wildman–Crippen MR) is 48.5 cm³/mol. The van der Waals surface area contributed by atoms with E-state index in [-0.39, 0.29) is 5.69 Å². The molecule has 0 aliphatic rings. The highest BCUT2D eigenvalue weighted by atomic mass is 127. The van der Waals surface area contributed by atoms with Crippen LogP contribution in [0.2, 0.25) is 5.02 Å². The number of hydrogen-bond acceptors (Lipinski definition) is 1. The van der Waals surface area contributed by atoms with Gasteiger partial charge in [0, 0.05) is 3.57 Å². The molecule has 0 aliphatic carbocycles. The topological polar surface area (TPSA) is 26.0 Å². The number of anilines is 1. The Morgan fingerprint density at radius 3 is 2.60 bits per heavy atom. The summed E-state index contributed by atoms with van der Waals surface area (Å²) in [6, 6.07) is 2.71. The zero-order valence-electron chi connectivity index (χ0n) is 4.87. The zero-order valence-corrected chi connectivity index (χ0v) is 7.78. The van der Waals surface area contributed by atoms with Gasteiger partial charge >= 0.3 is 0 Å². The quantitative estimate of drug-likeness (QED) is 0.438. The molecule has 0 saturated heterocycles. The molecule has 0 unspecified atom stereocenters. The minimum Gasteiger partial charge on any atom is -0.396 e. The molecule has 0 saturated carbocycles. The van der Waals surface area contributed by atoms with Crippen molar-refractivity contribution in [3.05, 3.63) is 26.5 Å². The standard InChI is InChI=1S/C6H4ClFIN/c7-3-1-4(8)6(10)2-5(3)9/h1-2H,10H2. The van der Waals surface area contributed by atoms with Crippen molar-refractivity contribution in [2.24, 2.45) is 0 Å². The van der Waals surface area contributed by atoms with Crippen LogP contribution in [0.25, 0.3) is 0 Å². The average molecular weight is 271 g/mol. The number of nitrogens with two attached hydrogens (primary N) is 1. The second-order valence-electron chi connectivity index (χ2n) is 1.79. The van der Waals surface area contributed by atoms with E-state index < -0.39 is 5.82 Å². The third kappa shape index (κ3) is 1.52. The molecule has 1 nitrogen and oxygen atoms in total. The van der Waals surface area contributed by atoms with Gasteiger partial charge in [0.2, 0.25) is 0 Å². The van der Waals surface area contributed by atoms with E-state index in [2.05, 4.69) is 0 Å². The van der Waals surface area contributed by atoms with Crippen molar-refractivity contribution >= 4 is 39.9 Å². The number of benzene rings is 1. The lowest BCUT2D eigenvalue weighted by Gasteiger charge is -1.98. The molecule has 1 aromatic rings. The fraction of sp³-hybridized carbons (Fsp3) is 0. The maximum absolute atomic E-state index is 12.5. The van der Waals surface area contributed by atoms with Crippen molar-refractivity contribution in [3.63, 3.8) is 0 Å². The molecule has 0 fully saturated rings. The van der Waals surface area contributed by atoms with Crippen LogP contribution in [0.5, 0.6) is 0 Å². The summed E-state index contributed by atoms with van der Waals surface area (Å²) >= 11 is 7.57. The van der Waals surface area contributed by atoms with E-state index in [1.165, 1.54) is 12.1 Å². The van der Waals surface area contributed by atoms with Gasteiger partial charge in [-0.1, -0.05) is 11.6 Å². The first kappa shape index (κ1) is 8.07. The van der Waals surface area contributed by atoms with Crippen LogP contribution in [0, 0.1) is 9.39 Å². The highest BCUT2D eigenvalue weighted by Crippen LogP contribution is 2.23. The summed E-state index contributed by atoms with van der Waals surface area (Å²) in [5.74, 6) is -0.467. The van der Waals surface area contributed by atoms with E-state index in [1.54, 1.807) is 0 Å². The Morgan fingerprint density at radius 2 is 2.10 bits per heavy atom. The Labute approximate surface area is 76.5 Å². The second-order valence-corrected chi connectivity index (χ2v) is 3.36. The molecular weight excluding hydrogens is 267 g/mol. The lowest BCUT2D eigenvalue weighted by Crippen LogP contribution is -1.90. The van der Waals surface area contributed by atoms with E-state index >= 15 is 0 Å². The van der Waals surface area contributed by atoms with Gasteiger partial charge in [-0.15, -0.1) is 0 Å². The lowest BCUT2D eigenvalue weighted by molar-refractivity contribution is 0.632. The van der Waals surface area contributed by atoms with Crippen molar-refractivity contribution in [1.82, 2.24) is 0 Å². The molecule has 1 aromatic carbocycles. The van der Waals surface area contributed by atoms with Gasteiger partial charge in [-0.2, -0.15) is 0 Å². The first-order valence-electron chi connectivity index (χ1n) is 2.51. The molecule has 0 atom stereocenters. The van der Waals surface area contributed by atoms with Crippen molar-refractivity contribution in [2.45, 2.75) is 0 Å². The minimum atomic E-state index is -0.467. The fourth-order valence-corrected chi connectivity index (χ4v) is 1.18. The van der Waals surface area contributed by atoms with Crippen LogP contribution in [0.4, 0.5) is 10.1 Å². The normalized spacial score (nSPS) is 9.90. The molecule has 0 spiro atoms. The summed E-state index contributed by atoms with van der Waals surface area (Å²) in [4.78, 5) is 0. The van der Waals surface area contributed by atoms with Crippen LogP contribution in [-0.2, 0) is 0 Å². The van der Waals surface area contributed by atoms with Gasteiger partial charge in [0.15, 0.2) is 0 Å². The Morgan fingerprint density at radius 1 is 1.50 bits per heavy atom. The van der Waals surface area contributed by atoms with Gasteiger partial charge < -0.3 is 5.73 Å². The molecule has 0 amide bonds. The maximum atomic E-state index is 12.5. The minimum absolute atomic E-state index is 0.133. The Bertz CT molecular complexity index is 214. The Hall–Kier alpha value is -0.0300. The van der Waals surface area contributed by atoms with Gasteiger partial charge in [-0.25, -0.2) is 4.39 Å². The molecule has 2 N–H and O–H groups in total. The third-order valence-corrected chi connectivity index (χ3v) is 2.56. The summed E-state index contributed by atoms with van der Waals surface area (Å²) in [5, 5.41) is 0.396. The van der Waals surface area contributed by atoms with E-state index in [4.69, 9.17) is 17.3 Å². The van der Waals surface area contributed by atoms with Crippen LogP contribution in [0.15, 0.2) is 12.1 Å². The van der Waals surface area contributed by atoms with Crippen LogP contribution in [0.1, 0.15) is 0 Å². The fourth-order valence-electron chi connectivity index (χ4n) is 0.538. The molecule has 4 heteroatoms. The highest BCUT2D eigenvalue weighted by Gasteiger charge is 2.02. The molecule has 0 heterocycles. The maximum Gasteiger partial charge on any atom is 0.147 e. The first-order valence-corrected chi connectivity index (χ1v) is 3.97.